The van der Waals surface area contributed by atoms with Crippen LogP contribution < -0.4 is 5.73 Å². The Morgan fingerprint density at radius 2 is 1.61 bits per heavy atom. The summed E-state index contributed by atoms with van der Waals surface area (Å²) in [6.45, 7) is 4.47. The summed E-state index contributed by atoms with van der Waals surface area (Å²) in [5.74, 6) is 0.851. The second-order valence-electron chi connectivity index (χ2n) is 4.30. The third-order valence-electron chi connectivity index (χ3n) is 2.95. The molecule has 3 nitrogen and oxygen atoms in total. The zero-order chi connectivity index (χ0) is 13.1. The van der Waals surface area contributed by atoms with Gasteiger partial charge in [0.15, 0.2) is 0 Å². The Labute approximate surface area is 116 Å². The van der Waals surface area contributed by atoms with Crippen molar-refractivity contribution in [1.29, 1.82) is 0 Å². The number of aromatic nitrogens is 2. The third-order valence-corrected chi connectivity index (χ3v) is 3.48. The van der Waals surface area contributed by atoms with Crippen molar-refractivity contribution in [3.63, 3.8) is 0 Å². The van der Waals surface area contributed by atoms with Crippen molar-refractivity contribution in [1.82, 2.24) is 9.97 Å². The van der Waals surface area contributed by atoms with Crippen LogP contribution in [0.4, 0.5) is 0 Å². The second kappa shape index (κ2) is 5.59. The molecule has 1 aromatic heterocycles. The fourth-order valence-corrected chi connectivity index (χ4v) is 2.23. The molecule has 1 heterocycles. The highest BCUT2D eigenvalue weighted by molar-refractivity contribution is 9.10. The van der Waals surface area contributed by atoms with E-state index < -0.39 is 0 Å². The lowest BCUT2D eigenvalue weighted by Gasteiger charge is -2.09. The molecule has 0 aliphatic carbocycles. The van der Waals surface area contributed by atoms with E-state index in [1.54, 1.807) is 0 Å². The summed E-state index contributed by atoms with van der Waals surface area (Å²) in [5.41, 5.74) is 9.91. The number of hydrogen-bond acceptors (Lipinski definition) is 3. The molecular formula is C14H16BrN3. The molecule has 2 N–H and O–H groups in total. The van der Waals surface area contributed by atoms with Gasteiger partial charge in [-0.05, 0) is 31.5 Å². The molecule has 0 amide bonds. The van der Waals surface area contributed by atoms with Crippen LogP contribution >= 0.6 is 15.9 Å². The van der Waals surface area contributed by atoms with Crippen LogP contribution in [0.25, 0.3) is 0 Å². The predicted molar refractivity (Wildman–Crippen MR) is 76.3 cm³/mol. The average Bonchev–Trinajstić information content (AvgIpc) is 2.32. The molecule has 18 heavy (non-hydrogen) atoms. The largest absolute Gasteiger partial charge is 0.326 e. The van der Waals surface area contributed by atoms with Gasteiger partial charge < -0.3 is 5.73 Å². The van der Waals surface area contributed by atoms with Crippen LogP contribution in [-0.4, -0.2) is 9.97 Å². The quantitative estimate of drug-likeness (QED) is 0.948. The Kier molecular flexibility index (Phi) is 4.09. The molecule has 94 valence electrons. The average molecular weight is 306 g/mol. The van der Waals surface area contributed by atoms with Gasteiger partial charge in [-0.3, -0.25) is 0 Å². The lowest BCUT2D eigenvalue weighted by molar-refractivity contribution is 0.867. The maximum absolute atomic E-state index is 5.69. The van der Waals surface area contributed by atoms with Gasteiger partial charge in [0.05, 0.1) is 0 Å². The van der Waals surface area contributed by atoms with Gasteiger partial charge in [0.25, 0.3) is 0 Å². The summed E-state index contributed by atoms with van der Waals surface area (Å²) < 4.78 is 1.08. The van der Waals surface area contributed by atoms with Crippen LogP contribution in [0.3, 0.4) is 0 Å². The van der Waals surface area contributed by atoms with Crippen molar-refractivity contribution >= 4 is 15.9 Å². The van der Waals surface area contributed by atoms with Crippen molar-refractivity contribution in [2.45, 2.75) is 26.8 Å². The fraction of sp³-hybridized carbons (Fsp3) is 0.286. The molecule has 0 spiro atoms. The number of nitrogens with zero attached hydrogens (tertiary/aromatic N) is 2. The van der Waals surface area contributed by atoms with Crippen LogP contribution in [0, 0.1) is 13.8 Å². The first-order valence-electron chi connectivity index (χ1n) is 5.87. The van der Waals surface area contributed by atoms with Crippen molar-refractivity contribution in [3.8, 4) is 0 Å². The molecule has 0 saturated heterocycles. The summed E-state index contributed by atoms with van der Waals surface area (Å²) in [6.07, 6.45) is 0.750. The number of nitrogens with two attached hydrogens (primary N) is 1. The van der Waals surface area contributed by atoms with E-state index in [0.717, 1.165) is 33.7 Å². The summed E-state index contributed by atoms with van der Waals surface area (Å²) in [4.78, 5) is 9.04. The molecule has 2 rings (SSSR count). The molecule has 1 aromatic carbocycles. The summed E-state index contributed by atoms with van der Waals surface area (Å²) in [6, 6.07) is 8.22. The summed E-state index contributed by atoms with van der Waals surface area (Å²) in [5, 5.41) is 0. The van der Waals surface area contributed by atoms with Crippen LogP contribution in [-0.2, 0) is 13.0 Å². The smallest absolute Gasteiger partial charge is 0.133 e. The molecule has 0 bridgehead atoms. The summed E-state index contributed by atoms with van der Waals surface area (Å²) in [7, 11) is 0. The van der Waals surface area contributed by atoms with E-state index >= 15 is 0 Å². The Bertz CT molecular complexity index is 526. The molecular weight excluding hydrogens is 290 g/mol. The Balaban J connectivity index is 2.27. The first kappa shape index (κ1) is 13.2. The number of hydrogen-bond donors (Lipinski definition) is 1. The third kappa shape index (κ3) is 2.94. The van der Waals surface area contributed by atoms with Crippen molar-refractivity contribution in [2.24, 2.45) is 5.73 Å². The van der Waals surface area contributed by atoms with Crippen molar-refractivity contribution in [2.75, 3.05) is 0 Å². The fourth-order valence-electron chi connectivity index (χ4n) is 1.97. The minimum absolute atomic E-state index is 0.496. The maximum atomic E-state index is 5.69. The molecule has 4 heteroatoms. The normalized spacial score (nSPS) is 10.7. The predicted octanol–water partition coefficient (Wildman–Crippen LogP) is 2.91. The van der Waals surface area contributed by atoms with E-state index in [1.807, 2.05) is 26.0 Å². The van der Waals surface area contributed by atoms with Gasteiger partial charge >= 0.3 is 0 Å². The van der Waals surface area contributed by atoms with Gasteiger partial charge in [0, 0.05) is 34.4 Å². The van der Waals surface area contributed by atoms with Crippen LogP contribution in [0.15, 0.2) is 28.7 Å². The van der Waals surface area contributed by atoms with Crippen molar-refractivity contribution < 1.29 is 0 Å². The highest BCUT2D eigenvalue weighted by Crippen LogP contribution is 2.14. The molecule has 0 aliphatic rings. The Morgan fingerprint density at radius 1 is 1.06 bits per heavy atom. The highest BCUT2D eigenvalue weighted by atomic mass is 79.9. The highest BCUT2D eigenvalue weighted by Gasteiger charge is 2.07. The number of aryl methyl sites for hydroxylation is 2. The monoisotopic (exact) mass is 305 g/mol. The molecule has 0 atom stereocenters. The lowest BCUT2D eigenvalue weighted by Crippen LogP contribution is -2.09. The van der Waals surface area contributed by atoms with Gasteiger partial charge in [-0.15, -0.1) is 0 Å². The van der Waals surface area contributed by atoms with E-state index in [0.29, 0.717) is 6.54 Å². The van der Waals surface area contributed by atoms with Gasteiger partial charge in [0.2, 0.25) is 0 Å². The number of halogens is 1. The van der Waals surface area contributed by atoms with Crippen molar-refractivity contribution in [3.05, 3.63) is 57.1 Å². The Morgan fingerprint density at radius 3 is 2.11 bits per heavy atom. The van der Waals surface area contributed by atoms with Gasteiger partial charge in [-0.1, -0.05) is 28.1 Å². The number of rotatable bonds is 3. The molecule has 0 aliphatic heterocycles. The van der Waals surface area contributed by atoms with Gasteiger partial charge in [-0.25, -0.2) is 9.97 Å². The molecule has 0 saturated carbocycles. The number of benzene rings is 1. The molecule has 0 fully saturated rings. The second-order valence-corrected chi connectivity index (χ2v) is 5.21. The van der Waals surface area contributed by atoms with Gasteiger partial charge in [0.1, 0.15) is 5.82 Å². The lowest BCUT2D eigenvalue weighted by atomic mass is 10.1. The van der Waals surface area contributed by atoms with E-state index in [9.17, 15) is 0 Å². The van der Waals surface area contributed by atoms with Crippen LogP contribution in [0.5, 0.6) is 0 Å². The van der Waals surface area contributed by atoms with E-state index in [-0.39, 0.29) is 0 Å². The van der Waals surface area contributed by atoms with Crippen LogP contribution in [0.1, 0.15) is 28.3 Å². The maximum Gasteiger partial charge on any atom is 0.133 e. The van der Waals surface area contributed by atoms with E-state index in [2.05, 4.69) is 38.0 Å². The van der Waals surface area contributed by atoms with Crippen LogP contribution in [0.2, 0.25) is 0 Å². The topological polar surface area (TPSA) is 51.8 Å². The van der Waals surface area contributed by atoms with E-state index in [1.165, 1.54) is 5.56 Å². The van der Waals surface area contributed by atoms with Gasteiger partial charge in [-0.2, -0.15) is 0 Å². The minimum Gasteiger partial charge on any atom is -0.326 e. The zero-order valence-electron chi connectivity index (χ0n) is 10.6. The zero-order valence-corrected chi connectivity index (χ0v) is 12.2. The first-order chi connectivity index (χ1) is 8.60. The Hall–Kier alpha value is -1.26. The van der Waals surface area contributed by atoms with E-state index in [4.69, 9.17) is 5.73 Å². The molecule has 2 aromatic rings. The first-order valence-corrected chi connectivity index (χ1v) is 6.67. The summed E-state index contributed by atoms with van der Waals surface area (Å²) >= 11 is 3.43. The SMILES string of the molecule is Cc1nc(Cc2ccc(Br)cc2)nc(C)c1CN. The molecule has 0 radical (unpaired) electrons. The standard InChI is InChI=1S/C14H16BrN3/c1-9-13(8-16)10(2)18-14(17-9)7-11-3-5-12(15)6-4-11/h3-6H,7-8,16H2,1-2H3. The molecule has 0 unspecified atom stereocenters. The minimum atomic E-state index is 0.496.